The molecule has 0 saturated carbocycles. The normalized spacial score (nSPS) is 18.9. The van der Waals surface area contributed by atoms with Crippen LogP contribution in [0.1, 0.15) is 25.3 Å². The van der Waals surface area contributed by atoms with E-state index in [9.17, 15) is 4.39 Å². The molecule has 1 heterocycles. The highest BCUT2D eigenvalue weighted by Crippen LogP contribution is 2.20. The lowest BCUT2D eigenvalue weighted by Gasteiger charge is -2.30. The summed E-state index contributed by atoms with van der Waals surface area (Å²) in [4.78, 5) is 2.31. The Balaban J connectivity index is 1.98. The van der Waals surface area contributed by atoms with Crippen LogP contribution in [0, 0.1) is 11.7 Å². The van der Waals surface area contributed by atoms with Crippen LogP contribution < -0.4 is 5.73 Å². The first-order chi connectivity index (χ1) is 7.65. The van der Waals surface area contributed by atoms with Gasteiger partial charge >= 0.3 is 0 Å². The number of anilines is 1. The maximum atomic E-state index is 13.6. The predicted molar refractivity (Wildman–Crippen MR) is 64.5 cm³/mol. The summed E-state index contributed by atoms with van der Waals surface area (Å²) in [6.07, 6.45) is 2.44. The molecule has 1 aromatic rings. The van der Waals surface area contributed by atoms with E-state index in [0.717, 1.165) is 24.6 Å². The maximum Gasteiger partial charge on any atom is 0.129 e. The second-order valence-corrected chi connectivity index (χ2v) is 4.81. The van der Waals surface area contributed by atoms with Gasteiger partial charge in [0, 0.05) is 17.8 Å². The molecule has 1 saturated heterocycles. The van der Waals surface area contributed by atoms with E-state index in [2.05, 4.69) is 11.8 Å². The molecule has 88 valence electrons. The van der Waals surface area contributed by atoms with Gasteiger partial charge in [-0.05, 0) is 44.0 Å². The second-order valence-electron chi connectivity index (χ2n) is 4.81. The molecule has 2 N–H and O–H groups in total. The average Bonchev–Trinajstić information content (AvgIpc) is 2.25. The molecule has 1 aliphatic heterocycles. The van der Waals surface area contributed by atoms with E-state index in [0.29, 0.717) is 12.2 Å². The van der Waals surface area contributed by atoms with E-state index in [1.54, 1.807) is 12.1 Å². The Labute approximate surface area is 96.2 Å². The molecule has 0 bridgehead atoms. The summed E-state index contributed by atoms with van der Waals surface area (Å²) in [6.45, 7) is 5.13. The van der Waals surface area contributed by atoms with Crippen LogP contribution in [0.15, 0.2) is 18.2 Å². The first-order valence-corrected chi connectivity index (χ1v) is 5.91. The summed E-state index contributed by atoms with van der Waals surface area (Å²) < 4.78 is 13.6. The number of nitrogens with zero attached hydrogens (tertiary/aromatic N) is 1. The number of rotatable bonds is 2. The van der Waals surface area contributed by atoms with Gasteiger partial charge in [-0.15, -0.1) is 0 Å². The van der Waals surface area contributed by atoms with E-state index in [4.69, 9.17) is 5.73 Å². The minimum atomic E-state index is -0.182. The van der Waals surface area contributed by atoms with Crippen LogP contribution in [-0.4, -0.2) is 18.0 Å². The Kier molecular flexibility index (Phi) is 3.44. The number of likely N-dealkylation sites (tertiary alicyclic amines) is 1. The first kappa shape index (κ1) is 11.4. The summed E-state index contributed by atoms with van der Waals surface area (Å²) in [7, 11) is 0. The maximum absolute atomic E-state index is 13.6. The number of hydrogen-bond acceptors (Lipinski definition) is 2. The highest BCUT2D eigenvalue weighted by molar-refractivity contribution is 5.40. The molecule has 1 aliphatic rings. The van der Waals surface area contributed by atoms with Gasteiger partial charge in [-0.25, -0.2) is 4.39 Å². The van der Waals surface area contributed by atoms with Crippen molar-refractivity contribution < 1.29 is 4.39 Å². The molecule has 0 radical (unpaired) electrons. The molecule has 0 aliphatic carbocycles. The van der Waals surface area contributed by atoms with Gasteiger partial charge < -0.3 is 5.73 Å². The van der Waals surface area contributed by atoms with Crippen molar-refractivity contribution in [2.75, 3.05) is 18.8 Å². The number of nitrogens with two attached hydrogens (primary N) is 1. The molecule has 0 unspecified atom stereocenters. The number of benzene rings is 1. The fourth-order valence-corrected chi connectivity index (χ4v) is 2.15. The molecule has 2 rings (SSSR count). The summed E-state index contributed by atoms with van der Waals surface area (Å²) >= 11 is 0. The van der Waals surface area contributed by atoms with Crippen LogP contribution in [0.4, 0.5) is 10.1 Å². The van der Waals surface area contributed by atoms with Crippen molar-refractivity contribution in [3.8, 4) is 0 Å². The van der Waals surface area contributed by atoms with Crippen molar-refractivity contribution in [3.05, 3.63) is 29.6 Å². The third kappa shape index (κ3) is 2.73. The van der Waals surface area contributed by atoms with Gasteiger partial charge in [-0.3, -0.25) is 4.90 Å². The van der Waals surface area contributed by atoms with Crippen LogP contribution in [0.3, 0.4) is 0 Å². The smallest absolute Gasteiger partial charge is 0.129 e. The fourth-order valence-electron chi connectivity index (χ4n) is 2.15. The summed E-state index contributed by atoms with van der Waals surface area (Å²) in [5.41, 5.74) is 6.77. The van der Waals surface area contributed by atoms with Crippen molar-refractivity contribution in [1.82, 2.24) is 4.90 Å². The summed E-state index contributed by atoms with van der Waals surface area (Å²) in [6, 6.07) is 4.97. The van der Waals surface area contributed by atoms with Crippen molar-refractivity contribution in [2.24, 2.45) is 5.92 Å². The Morgan fingerprint density at radius 2 is 2.06 bits per heavy atom. The number of halogens is 1. The minimum Gasteiger partial charge on any atom is -0.399 e. The molecule has 0 amide bonds. The highest BCUT2D eigenvalue weighted by atomic mass is 19.1. The van der Waals surface area contributed by atoms with E-state index in [-0.39, 0.29) is 5.82 Å². The quantitative estimate of drug-likeness (QED) is 0.779. The zero-order valence-corrected chi connectivity index (χ0v) is 9.75. The largest absolute Gasteiger partial charge is 0.399 e. The standard InChI is InChI=1S/C13H19FN2/c1-10-4-6-16(7-5-10)9-11-2-3-12(15)8-13(11)14/h2-3,8,10H,4-7,9,15H2,1H3. The topological polar surface area (TPSA) is 29.3 Å². The fraction of sp³-hybridized carbons (Fsp3) is 0.538. The lowest BCUT2D eigenvalue weighted by molar-refractivity contribution is 0.183. The molecule has 16 heavy (non-hydrogen) atoms. The van der Waals surface area contributed by atoms with Gasteiger partial charge in [0.1, 0.15) is 5.82 Å². The van der Waals surface area contributed by atoms with E-state index in [1.807, 2.05) is 0 Å². The Hall–Kier alpha value is -1.09. The van der Waals surface area contributed by atoms with Gasteiger partial charge in [0.25, 0.3) is 0 Å². The number of nitrogen functional groups attached to an aromatic ring is 1. The van der Waals surface area contributed by atoms with Gasteiger partial charge in [0.15, 0.2) is 0 Å². The Morgan fingerprint density at radius 1 is 1.38 bits per heavy atom. The van der Waals surface area contributed by atoms with Gasteiger partial charge in [0.2, 0.25) is 0 Å². The molecule has 3 heteroatoms. The van der Waals surface area contributed by atoms with Crippen molar-refractivity contribution in [1.29, 1.82) is 0 Å². The lowest BCUT2D eigenvalue weighted by Crippen LogP contribution is -2.32. The van der Waals surface area contributed by atoms with Crippen molar-refractivity contribution >= 4 is 5.69 Å². The van der Waals surface area contributed by atoms with E-state index in [1.165, 1.54) is 18.9 Å². The third-order valence-electron chi connectivity index (χ3n) is 3.35. The van der Waals surface area contributed by atoms with Crippen LogP contribution >= 0.6 is 0 Å². The predicted octanol–water partition coefficient (Wildman–Crippen LogP) is 2.64. The third-order valence-corrected chi connectivity index (χ3v) is 3.35. The minimum absolute atomic E-state index is 0.182. The molecule has 0 aromatic heterocycles. The molecule has 0 atom stereocenters. The molecule has 0 spiro atoms. The van der Waals surface area contributed by atoms with Gasteiger partial charge in [-0.1, -0.05) is 13.0 Å². The molecular weight excluding hydrogens is 203 g/mol. The summed E-state index contributed by atoms with van der Waals surface area (Å²) in [5.74, 6) is 0.631. The molecule has 2 nitrogen and oxygen atoms in total. The van der Waals surface area contributed by atoms with Crippen LogP contribution in [0.25, 0.3) is 0 Å². The van der Waals surface area contributed by atoms with Crippen LogP contribution in [0.2, 0.25) is 0 Å². The van der Waals surface area contributed by atoms with Gasteiger partial charge in [-0.2, -0.15) is 0 Å². The molecular formula is C13H19FN2. The Morgan fingerprint density at radius 3 is 2.69 bits per heavy atom. The van der Waals surface area contributed by atoms with Gasteiger partial charge in [0.05, 0.1) is 0 Å². The molecule has 1 fully saturated rings. The number of hydrogen-bond donors (Lipinski definition) is 1. The highest BCUT2D eigenvalue weighted by Gasteiger charge is 2.16. The lowest BCUT2D eigenvalue weighted by atomic mass is 9.99. The Bertz CT molecular complexity index is 357. The number of piperidine rings is 1. The van der Waals surface area contributed by atoms with Crippen molar-refractivity contribution in [2.45, 2.75) is 26.3 Å². The van der Waals surface area contributed by atoms with Crippen LogP contribution in [0.5, 0.6) is 0 Å². The first-order valence-electron chi connectivity index (χ1n) is 5.91. The SMILES string of the molecule is CC1CCN(Cc2ccc(N)cc2F)CC1. The van der Waals surface area contributed by atoms with E-state index >= 15 is 0 Å². The molecule has 1 aromatic carbocycles. The zero-order valence-electron chi connectivity index (χ0n) is 9.75. The van der Waals surface area contributed by atoms with Crippen LogP contribution in [-0.2, 0) is 6.54 Å². The monoisotopic (exact) mass is 222 g/mol. The second kappa shape index (κ2) is 4.83. The van der Waals surface area contributed by atoms with Crippen molar-refractivity contribution in [3.63, 3.8) is 0 Å². The van der Waals surface area contributed by atoms with E-state index < -0.39 is 0 Å². The summed E-state index contributed by atoms with van der Waals surface area (Å²) in [5, 5.41) is 0. The average molecular weight is 222 g/mol. The zero-order chi connectivity index (χ0) is 11.5.